The van der Waals surface area contributed by atoms with E-state index >= 15 is 0 Å². The molecule has 1 aliphatic heterocycles. The van der Waals surface area contributed by atoms with Gasteiger partial charge in [0.15, 0.2) is 0 Å². The molecule has 3 rings (SSSR count). The van der Waals surface area contributed by atoms with Crippen LogP contribution in [0.3, 0.4) is 0 Å². The third-order valence-electron chi connectivity index (χ3n) is 11.3. The molecule has 0 spiro atoms. The number of ether oxygens (including phenoxy) is 2. The minimum absolute atomic E-state index is 0.00751. The first-order valence-electron chi connectivity index (χ1n) is 19.9. The van der Waals surface area contributed by atoms with Gasteiger partial charge in [-0.25, -0.2) is 4.98 Å². The molecule has 1 aliphatic rings. The van der Waals surface area contributed by atoms with Crippen LogP contribution in [0.15, 0.2) is 41.9 Å². The Morgan fingerprint density at radius 1 is 0.945 bits per heavy atom. The highest BCUT2D eigenvalue weighted by Gasteiger charge is 2.43. The Morgan fingerprint density at radius 3 is 2.15 bits per heavy atom. The molecule has 9 atom stereocenters. The molecule has 0 aliphatic carbocycles. The van der Waals surface area contributed by atoms with E-state index in [0.29, 0.717) is 19.4 Å². The van der Waals surface area contributed by atoms with E-state index in [1.807, 2.05) is 94.2 Å². The molecule has 4 amide bonds. The van der Waals surface area contributed by atoms with Crippen LogP contribution in [0.4, 0.5) is 0 Å². The maximum atomic E-state index is 14.3. The first kappa shape index (κ1) is 46.0. The molecule has 1 aromatic carbocycles. The quantitative estimate of drug-likeness (QED) is 0.177. The number of methoxy groups -OCH3 is 2. The van der Waals surface area contributed by atoms with Crippen molar-refractivity contribution in [3.63, 3.8) is 0 Å². The molecule has 0 unspecified atom stereocenters. The molecular formula is C42H68N6O6S. The molecule has 1 aromatic heterocycles. The van der Waals surface area contributed by atoms with Crippen LogP contribution in [0.5, 0.6) is 0 Å². The Bertz CT molecular complexity index is 1480. The highest BCUT2D eigenvalue weighted by molar-refractivity contribution is 7.09. The summed E-state index contributed by atoms with van der Waals surface area (Å²) in [5, 5.41) is 9.02. The van der Waals surface area contributed by atoms with E-state index in [-0.39, 0.29) is 65.9 Å². The van der Waals surface area contributed by atoms with E-state index < -0.39 is 30.2 Å². The number of amides is 4. The lowest BCUT2D eigenvalue weighted by Crippen LogP contribution is -2.59. The van der Waals surface area contributed by atoms with Crippen LogP contribution in [0.25, 0.3) is 0 Å². The summed E-state index contributed by atoms with van der Waals surface area (Å²) in [4.78, 5) is 65.8. The molecule has 13 heteroatoms. The molecule has 1 fully saturated rings. The monoisotopic (exact) mass is 784 g/mol. The van der Waals surface area contributed by atoms with Crippen LogP contribution >= 0.6 is 11.3 Å². The number of hydrogen-bond donors (Lipinski definition) is 2. The zero-order valence-corrected chi connectivity index (χ0v) is 36.1. The topological polar surface area (TPSA) is 133 Å². The largest absolute Gasteiger partial charge is 0.379 e. The highest BCUT2D eigenvalue weighted by atomic mass is 32.1. The summed E-state index contributed by atoms with van der Waals surface area (Å²) in [6.07, 6.45) is 3.49. The van der Waals surface area contributed by atoms with Crippen molar-refractivity contribution in [2.75, 3.05) is 41.9 Å². The zero-order chi connectivity index (χ0) is 41.0. The second kappa shape index (κ2) is 21.8. The van der Waals surface area contributed by atoms with Crippen molar-refractivity contribution < 1.29 is 28.7 Å². The molecule has 2 aromatic rings. The Hall–Kier alpha value is -3.39. The average Bonchev–Trinajstić information content (AvgIpc) is 3.87. The van der Waals surface area contributed by atoms with Crippen LogP contribution in [-0.4, -0.2) is 122 Å². The van der Waals surface area contributed by atoms with E-state index in [2.05, 4.69) is 29.5 Å². The Balaban J connectivity index is 1.79. The average molecular weight is 785 g/mol. The molecule has 55 heavy (non-hydrogen) atoms. The van der Waals surface area contributed by atoms with Crippen LogP contribution in [0, 0.1) is 23.7 Å². The van der Waals surface area contributed by atoms with E-state index in [1.165, 1.54) is 11.3 Å². The number of likely N-dealkylation sites (tertiary alicyclic amines) is 1. The number of nitrogens with one attached hydrogen (secondary N) is 2. The predicted octanol–water partition coefficient (Wildman–Crippen LogP) is 5.19. The van der Waals surface area contributed by atoms with Crippen molar-refractivity contribution >= 4 is 35.0 Å². The van der Waals surface area contributed by atoms with Crippen LogP contribution < -0.4 is 10.6 Å². The van der Waals surface area contributed by atoms with Gasteiger partial charge in [-0.05, 0) is 56.7 Å². The fourth-order valence-corrected chi connectivity index (χ4v) is 8.86. The van der Waals surface area contributed by atoms with Gasteiger partial charge < -0.3 is 29.9 Å². The smallest absolute Gasteiger partial charge is 0.245 e. The van der Waals surface area contributed by atoms with E-state index in [1.54, 1.807) is 32.4 Å². The van der Waals surface area contributed by atoms with Gasteiger partial charge in [0.2, 0.25) is 23.6 Å². The van der Waals surface area contributed by atoms with Crippen molar-refractivity contribution in [3.8, 4) is 0 Å². The fraction of sp³-hybridized carbons (Fsp3) is 0.690. The number of rotatable bonds is 21. The minimum atomic E-state index is -0.751. The number of likely N-dealkylation sites (N-methyl/N-ethyl adjacent to an activating group) is 2. The molecule has 2 N–H and O–H groups in total. The van der Waals surface area contributed by atoms with Crippen molar-refractivity contribution in [2.24, 2.45) is 23.7 Å². The Kier molecular flexibility index (Phi) is 18.2. The number of benzene rings is 1. The second-order valence-electron chi connectivity index (χ2n) is 16.1. The molecular weight excluding hydrogens is 717 g/mol. The second-order valence-corrected chi connectivity index (χ2v) is 17.0. The third kappa shape index (κ3) is 12.1. The van der Waals surface area contributed by atoms with Gasteiger partial charge in [-0.3, -0.25) is 24.1 Å². The number of carbonyl (C=O) groups is 4. The van der Waals surface area contributed by atoms with Gasteiger partial charge in [0.1, 0.15) is 11.0 Å². The third-order valence-corrected chi connectivity index (χ3v) is 12.2. The van der Waals surface area contributed by atoms with Crippen LogP contribution in [0.1, 0.15) is 90.8 Å². The predicted molar refractivity (Wildman–Crippen MR) is 218 cm³/mol. The molecule has 2 heterocycles. The number of aromatic nitrogens is 1. The summed E-state index contributed by atoms with van der Waals surface area (Å²) in [6, 6.07) is 7.83. The van der Waals surface area contributed by atoms with Gasteiger partial charge in [-0.2, -0.15) is 0 Å². The number of carbonyl (C=O) groups excluding carboxylic acids is 4. The normalized spacial score (nSPS) is 19.0. The fourth-order valence-electron chi connectivity index (χ4n) is 8.17. The summed E-state index contributed by atoms with van der Waals surface area (Å²) < 4.78 is 12.1. The number of thiazole rings is 1. The zero-order valence-electron chi connectivity index (χ0n) is 35.3. The van der Waals surface area contributed by atoms with Crippen LogP contribution in [0.2, 0.25) is 0 Å². The molecule has 0 radical (unpaired) electrons. The van der Waals surface area contributed by atoms with Gasteiger partial charge in [0.25, 0.3) is 0 Å². The highest BCUT2D eigenvalue weighted by Crippen LogP contribution is 2.30. The van der Waals surface area contributed by atoms with Crippen molar-refractivity contribution in [3.05, 3.63) is 52.5 Å². The molecule has 0 saturated carbocycles. The van der Waals surface area contributed by atoms with Gasteiger partial charge >= 0.3 is 0 Å². The van der Waals surface area contributed by atoms with E-state index in [9.17, 15) is 19.2 Å². The standard InChI is InChI=1S/C42H68N6O6S/c1-13-28(6)37(47(10)42(52)35(26(2)3)45-40(51)36(27(4)5)46(8)9)33(53-11)25-34(49)48-22-17-20-32(48)38(54-12)29(7)39(50)44-31(41-43-21-23-55-41)24-30-18-15-14-16-19-30/h14-16,18-19,21,23,26-29,31-33,35-38H,13,17,20,22,24-25H2,1-12H3,(H,44,50)(H,45,51)/t28-,29+,31+,32+,33-,35+,36+,37-,38-/m1/s1. The maximum absolute atomic E-state index is 14.3. The lowest BCUT2D eigenvalue weighted by atomic mass is 9.89. The SMILES string of the molecule is CC[C@@H](C)[C@H]([C@@H](CC(=O)N1CCC[C@H]1[C@H](OC)[C@H](C)C(=O)N[C@@H](Cc1ccccc1)c1nccs1)OC)N(C)C(=O)[C@@H](NC(=O)[C@H](C(C)C)N(C)C)C(C)C. The maximum Gasteiger partial charge on any atom is 0.245 e. The van der Waals surface area contributed by atoms with Crippen molar-refractivity contribution in [1.82, 2.24) is 30.3 Å². The molecule has 12 nitrogen and oxygen atoms in total. The Morgan fingerprint density at radius 2 is 1.62 bits per heavy atom. The van der Waals surface area contributed by atoms with E-state index in [4.69, 9.17) is 9.47 Å². The molecule has 1 saturated heterocycles. The lowest BCUT2D eigenvalue weighted by molar-refractivity contribution is -0.148. The summed E-state index contributed by atoms with van der Waals surface area (Å²) in [6.45, 7) is 14.3. The van der Waals surface area contributed by atoms with Crippen LogP contribution in [-0.2, 0) is 35.1 Å². The summed E-state index contributed by atoms with van der Waals surface area (Å²) in [7, 11) is 8.66. The summed E-state index contributed by atoms with van der Waals surface area (Å²) in [5.74, 6) is -1.35. The summed E-state index contributed by atoms with van der Waals surface area (Å²) in [5.41, 5.74) is 1.09. The number of nitrogens with zero attached hydrogens (tertiary/aromatic N) is 4. The molecule has 0 bridgehead atoms. The Labute approximate surface area is 334 Å². The van der Waals surface area contributed by atoms with Gasteiger partial charge in [-0.15, -0.1) is 11.3 Å². The van der Waals surface area contributed by atoms with Gasteiger partial charge in [0.05, 0.1) is 48.7 Å². The summed E-state index contributed by atoms with van der Waals surface area (Å²) >= 11 is 1.51. The van der Waals surface area contributed by atoms with Gasteiger partial charge in [0, 0.05) is 39.4 Å². The van der Waals surface area contributed by atoms with E-state index in [0.717, 1.165) is 23.4 Å². The number of hydrogen-bond acceptors (Lipinski definition) is 9. The first-order valence-corrected chi connectivity index (χ1v) is 20.8. The first-order chi connectivity index (χ1) is 26.1. The minimum Gasteiger partial charge on any atom is -0.379 e. The van der Waals surface area contributed by atoms with Crippen molar-refractivity contribution in [2.45, 2.75) is 123 Å². The van der Waals surface area contributed by atoms with Gasteiger partial charge in [-0.1, -0.05) is 85.2 Å². The lowest BCUT2D eigenvalue weighted by Gasteiger charge is -2.41. The van der Waals surface area contributed by atoms with Crippen molar-refractivity contribution in [1.29, 1.82) is 0 Å². The molecule has 308 valence electrons.